The number of aromatic nitrogens is 1. The Bertz CT molecular complexity index is 572. The maximum atomic E-state index is 5.95. The van der Waals surface area contributed by atoms with Crippen molar-refractivity contribution in [3.05, 3.63) is 51.9 Å². The highest BCUT2D eigenvalue weighted by atomic mass is 35.5. The summed E-state index contributed by atoms with van der Waals surface area (Å²) in [6.45, 7) is 6.11. The van der Waals surface area contributed by atoms with Gasteiger partial charge in [-0.2, -0.15) is 0 Å². The van der Waals surface area contributed by atoms with Crippen molar-refractivity contribution in [2.45, 2.75) is 39.3 Å². The molecule has 0 radical (unpaired) electrons. The summed E-state index contributed by atoms with van der Waals surface area (Å²) in [6, 6.07) is 8.54. The number of aryl methyl sites for hydroxylation is 2. The molecule has 0 spiro atoms. The Morgan fingerprint density at radius 2 is 2.05 bits per heavy atom. The summed E-state index contributed by atoms with van der Waals surface area (Å²) in [6.07, 6.45) is 2.40. The molecule has 4 heteroatoms. The molecular formula is C16H19ClN2O. The Labute approximate surface area is 124 Å². The number of hydrogen-bond acceptors (Lipinski definition) is 3. The van der Waals surface area contributed by atoms with E-state index in [1.165, 1.54) is 24.0 Å². The molecule has 2 heterocycles. The average molecular weight is 291 g/mol. The lowest BCUT2D eigenvalue weighted by molar-refractivity contribution is 0.245. The number of halogens is 1. The predicted molar refractivity (Wildman–Crippen MR) is 79.8 cm³/mol. The van der Waals surface area contributed by atoms with E-state index in [9.17, 15) is 0 Å². The van der Waals surface area contributed by atoms with Gasteiger partial charge in [0.25, 0.3) is 0 Å². The molecule has 106 valence electrons. The standard InChI is InChI=1S/C16H19ClN2O/c1-11-16(12(2)20-18-11)15-4-3-9-19(15)10-13-5-7-14(17)8-6-13/h5-8,15H,3-4,9-10H2,1-2H3/t15-/m1/s1. The van der Waals surface area contributed by atoms with Gasteiger partial charge in [0.2, 0.25) is 0 Å². The van der Waals surface area contributed by atoms with E-state index in [0.29, 0.717) is 6.04 Å². The summed E-state index contributed by atoms with van der Waals surface area (Å²) in [7, 11) is 0. The fourth-order valence-electron chi connectivity index (χ4n) is 3.13. The van der Waals surface area contributed by atoms with Crippen molar-refractivity contribution in [3.63, 3.8) is 0 Å². The lowest BCUT2D eigenvalue weighted by Gasteiger charge is -2.24. The zero-order valence-corrected chi connectivity index (χ0v) is 12.7. The number of rotatable bonds is 3. The number of benzene rings is 1. The van der Waals surface area contributed by atoms with Crippen molar-refractivity contribution in [1.82, 2.24) is 10.1 Å². The van der Waals surface area contributed by atoms with Gasteiger partial charge in [-0.15, -0.1) is 0 Å². The quantitative estimate of drug-likeness (QED) is 0.845. The third-order valence-corrected chi connectivity index (χ3v) is 4.34. The number of hydrogen-bond donors (Lipinski definition) is 0. The Hall–Kier alpha value is -1.32. The summed E-state index contributed by atoms with van der Waals surface area (Å²) >= 11 is 5.95. The molecule has 20 heavy (non-hydrogen) atoms. The molecule has 1 aromatic heterocycles. The first kappa shape index (κ1) is 13.7. The highest BCUT2D eigenvalue weighted by molar-refractivity contribution is 6.30. The van der Waals surface area contributed by atoms with Gasteiger partial charge in [0, 0.05) is 23.2 Å². The van der Waals surface area contributed by atoms with Crippen molar-refractivity contribution in [1.29, 1.82) is 0 Å². The van der Waals surface area contributed by atoms with Gasteiger partial charge in [-0.1, -0.05) is 28.9 Å². The summed E-state index contributed by atoms with van der Waals surface area (Å²) in [5, 5.41) is 4.88. The van der Waals surface area contributed by atoms with Gasteiger partial charge in [-0.05, 0) is 50.9 Å². The molecule has 0 saturated carbocycles. The van der Waals surface area contributed by atoms with Crippen LogP contribution in [0.4, 0.5) is 0 Å². The smallest absolute Gasteiger partial charge is 0.138 e. The van der Waals surface area contributed by atoms with Crippen LogP contribution in [0.5, 0.6) is 0 Å². The minimum atomic E-state index is 0.428. The minimum absolute atomic E-state index is 0.428. The van der Waals surface area contributed by atoms with Gasteiger partial charge in [-0.25, -0.2) is 0 Å². The van der Waals surface area contributed by atoms with Crippen LogP contribution < -0.4 is 0 Å². The molecule has 1 saturated heterocycles. The third kappa shape index (κ3) is 2.60. The fraction of sp³-hybridized carbons (Fsp3) is 0.438. The van der Waals surface area contributed by atoms with Crippen LogP contribution >= 0.6 is 11.6 Å². The van der Waals surface area contributed by atoms with Crippen LogP contribution in [0.15, 0.2) is 28.8 Å². The second-order valence-corrected chi connectivity index (χ2v) is 5.93. The van der Waals surface area contributed by atoms with Crippen LogP contribution in [0.25, 0.3) is 0 Å². The topological polar surface area (TPSA) is 29.3 Å². The molecule has 0 unspecified atom stereocenters. The molecule has 0 bridgehead atoms. The van der Waals surface area contributed by atoms with Crippen molar-refractivity contribution in [2.24, 2.45) is 0 Å². The largest absolute Gasteiger partial charge is 0.361 e. The van der Waals surface area contributed by atoms with E-state index in [1.54, 1.807) is 0 Å². The first-order chi connectivity index (χ1) is 9.65. The second kappa shape index (κ2) is 5.58. The van der Waals surface area contributed by atoms with Crippen LogP contribution in [-0.4, -0.2) is 16.6 Å². The molecule has 0 aliphatic carbocycles. The second-order valence-electron chi connectivity index (χ2n) is 5.49. The van der Waals surface area contributed by atoms with Gasteiger partial charge in [0.1, 0.15) is 5.76 Å². The lowest BCUT2D eigenvalue weighted by atomic mass is 10.0. The van der Waals surface area contributed by atoms with Gasteiger partial charge in [-0.3, -0.25) is 4.90 Å². The zero-order chi connectivity index (χ0) is 14.1. The van der Waals surface area contributed by atoms with Gasteiger partial charge in [0.15, 0.2) is 0 Å². The van der Waals surface area contributed by atoms with Gasteiger partial charge < -0.3 is 4.52 Å². The lowest BCUT2D eigenvalue weighted by Crippen LogP contribution is -2.23. The minimum Gasteiger partial charge on any atom is -0.361 e. The highest BCUT2D eigenvalue weighted by Crippen LogP contribution is 2.36. The molecule has 2 aromatic rings. The van der Waals surface area contributed by atoms with E-state index in [-0.39, 0.29) is 0 Å². The van der Waals surface area contributed by atoms with E-state index in [1.807, 2.05) is 26.0 Å². The van der Waals surface area contributed by atoms with Gasteiger partial charge in [0.05, 0.1) is 5.69 Å². The van der Waals surface area contributed by atoms with Crippen molar-refractivity contribution in [3.8, 4) is 0 Å². The highest BCUT2D eigenvalue weighted by Gasteiger charge is 2.30. The predicted octanol–water partition coefficient (Wildman–Crippen LogP) is 4.28. The molecule has 1 fully saturated rings. The van der Waals surface area contributed by atoms with Crippen LogP contribution in [0.3, 0.4) is 0 Å². The Kier molecular flexibility index (Phi) is 3.81. The van der Waals surface area contributed by atoms with E-state index in [0.717, 1.165) is 29.6 Å². The Morgan fingerprint density at radius 3 is 2.70 bits per heavy atom. The van der Waals surface area contributed by atoms with Gasteiger partial charge >= 0.3 is 0 Å². The summed E-state index contributed by atoms with van der Waals surface area (Å²) in [5.41, 5.74) is 3.60. The monoisotopic (exact) mass is 290 g/mol. The first-order valence-corrected chi connectivity index (χ1v) is 7.44. The molecular weight excluding hydrogens is 272 g/mol. The SMILES string of the molecule is Cc1noc(C)c1[C@H]1CCCN1Cc1ccc(Cl)cc1. The summed E-state index contributed by atoms with van der Waals surface area (Å²) < 4.78 is 5.33. The normalized spacial score (nSPS) is 19.6. The average Bonchev–Trinajstić information content (AvgIpc) is 2.99. The number of likely N-dealkylation sites (tertiary alicyclic amines) is 1. The third-order valence-electron chi connectivity index (χ3n) is 4.08. The van der Waals surface area contributed by atoms with Crippen LogP contribution in [0.1, 0.15) is 41.5 Å². The van der Waals surface area contributed by atoms with E-state index in [4.69, 9.17) is 16.1 Å². The Morgan fingerprint density at radius 1 is 1.30 bits per heavy atom. The van der Waals surface area contributed by atoms with Crippen LogP contribution in [0, 0.1) is 13.8 Å². The van der Waals surface area contributed by atoms with Crippen molar-refractivity contribution < 1.29 is 4.52 Å². The first-order valence-electron chi connectivity index (χ1n) is 7.06. The van der Waals surface area contributed by atoms with E-state index in [2.05, 4.69) is 22.2 Å². The van der Waals surface area contributed by atoms with E-state index >= 15 is 0 Å². The molecule has 1 aliphatic rings. The summed E-state index contributed by atoms with van der Waals surface area (Å²) in [4.78, 5) is 2.51. The zero-order valence-electron chi connectivity index (χ0n) is 11.9. The molecule has 1 aromatic carbocycles. The van der Waals surface area contributed by atoms with Crippen LogP contribution in [0.2, 0.25) is 5.02 Å². The molecule has 1 atom stereocenters. The van der Waals surface area contributed by atoms with Crippen LogP contribution in [-0.2, 0) is 6.54 Å². The Balaban J connectivity index is 1.81. The number of nitrogens with zero attached hydrogens (tertiary/aromatic N) is 2. The molecule has 3 rings (SSSR count). The fourth-order valence-corrected chi connectivity index (χ4v) is 3.26. The van der Waals surface area contributed by atoms with Crippen molar-refractivity contribution >= 4 is 11.6 Å². The molecule has 3 nitrogen and oxygen atoms in total. The molecule has 0 N–H and O–H groups in total. The van der Waals surface area contributed by atoms with Crippen molar-refractivity contribution in [2.75, 3.05) is 6.54 Å². The molecule has 1 aliphatic heterocycles. The maximum Gasteiger partial charge on any atom is 0.138 e. The summed E-state index contributed by atoms with van der Waals surface area (Å²) in [5.74, 6) is 0.954. The van der Waals surface area contributed by atoms with E-state index < -0.39 is 0 Å². The molecule has 0 amide bonds. The maximum absolute atomic E-state index is 5.95.